The highest BCUT2D eigenvalue weighted by molar-refractivity contribution is 8.17. The summed E-state index contributed by atoms with van der Waals surface area (Å²) in [6.45, 7) is 0.538. The zero-order valence-electron chi connectivity index (χ0n) is 20.0. The standard InChI is InChI=1S/C27H26FN3O4S/c1-33-23-12-18-15-31(16-24(23)34-2)11-10-21(18)35-22-14-25-20(13-19(22)28)29-27(36-25)30-26(32)9-8-17-6-4-3-5-7-17/h3-7,10-12,14,16,20H,8-9,13,15H2,1-2H3,(H,29,30,32). The van der Waals surface area contributed by atoms with E-state index in [1.807, 2.05) is 53.7 Å². The number of fused-ring (bicyclic) bond motifs is 3. The number of amidine groups is 1. The Hall–Kier alpha value is -3.72. The van der Waals surface area contributed by atoms with E-state index < -0.39 is 0 Å². The Kier molecular flexibility index (Phi) is 6.99. The lowest BCUT2D eigenvalue weighted by atomic mass is 10.1. The zero-order chi connectivity index (χ0) is 25.1. The first-order chi connectivity index (χ1) is 17.5. The van der Waals surface area contributed by atoms with Crippen LogP contribution in [0.3, 0.4) is 0 Å². The lowest BCUT2D eigenvalue weighted by molar-refractivity contribution is -0.119. The second-order valence-corrected chi connectivity index (χ2v) is 9.56. The third kappa shape index (κ3) is 5.26. The summed E-state index contributed by atoms with van der Waals surface area (Å²) in [5, 5.41) is 3.35. The fourth-order valence-electron chi connectivity index (χ4n) is 4.17. The molecule has 4 aliphatic rings. The van der Waals surface area contributed by atoms with Gasteiger partial charge in [-0.1, -0.05) is 42.1 Å². The predicted octanol–water partition coefficient (Wildman–Crippen LogP) is 4.81. The van der Waals surface area contributed by atoms with Crippen molar-refractivity contribution in [2.75, 3.05) is 20.8 Å². The van der Waals surface area contributed by atoms with Crippen molar-refractivity contribution in [2.24, 2.45) is 4.99 Å². The summed E-state index contributed by atoms with van der Waals surface area (Å²) < 4.78 is 31.9. The number of carbonyl (C=O) groups excluding carboxylic acids is 1. The first kappa shape index (κ1) is 24.0. The lowest BCUT2D eigenvalue weighted by Crippen LogP contribution is -2.27. The van der Waals surface area contributed by atoms with Crippen LogP contribution in [0.1, 0.15) is 18.4 Å². The smallest absolute Gasteiger partial charge is 0.226 e. The number of rotatable bonds is 7. The van der Waals surface area contributed by atoms with Gasteiger partial charge in [0.05, 0.1) is 33.0 Å². The normalized spacial score (nSPS) is 20.6. The predicted molar refractivity (Wildman–Crippen MR) is 137 cm³/mol. The third-order valence-electron chi connectivity index (χ3n) is 6.04. The van der Waals surface area contributed by atoms with Crippen LogP contribution in [0.25, 0.3) is 0 Å². The molecule has 7 nitrogen and oxygen atoms in total. The summed E-state index contributed by atoms with van der Waals surface area (Å²) in [6, 6.07) is 9.49. The summed E-state index contributed by atoms with van der Waals surface area (Å²) in [5.74, 6) is 1.33. The van der Waals surface area contributed by atoms with E-state index >= 15 is 4.39 Å². The van der Waals surface area contributed by atoms with Crippen LogP contribution in [0.5, 0.6) is 0 Å². The van der Waals surface area contributed by atoms with Gasteiger partial charge in [-0.2, -0.15) is 0 Å². The molecule has 1 unspecified atom stereocenters. The number of hydrogen-bond donors (Lipinski definition) is 1. The fraction of sp³-hybridized carbons (Fsp3) is 0.259. The van der Waals surface area contributed by atoms with Crippen molar-refractivity contribution in [3.8, 4) is 0 Å². The summed E-state index contributed by atoms with van der Waals surface area (Å²) >= 11 is 1.34. The molecule has 0 saturated heterocycles. The number of halogens is 1. The number of carbonyl (C=O) groups is 1. The molecule has 1 atom stereocenters. The number of ether oxygens (including phenoxy) is 3. The highest BCUT2D eigenvalue weighted by Crippen LogP contribution is 2.40. The second kappa shape index (κ2) is 10.5. The molecular weight excluding hydrogens is 481 g/mol. The van der Waals surface area contributed by atoms with E-state index in [4.69, 9.17) is 14.2 Å². The Balaban J connectivity index is 1.24. The first-order valence-electron chi connectivity index (χ1n) is 11.6. The van der Waals surface area contributed by atoms with Crippen molar-refractivity contribution in [3.05, 3.63) is 106 Å². The van der Waals surface area contributed by atoms with Crippen LogP contribution in [0.15, 0.2) is 105 Å². The highest BCUT2D eigenvalue weighted by Gasteiger charge is 2.32. The average molecular weight is 508 g/mol. The molecule has 1 amide bonds. The minimum absolute atomic E-state index is 0.0878. The van der Waals surface area contributed by atoms with E-state index in [1.165, 1.54) is 11.8 Å². The molecule has 1 aliphatic carbocycles. The number of hydrogen-bond acceptors (Lipinski definition) is 7. The number of methoxy groups -OCH3 is 2. The van der Waals surface area contributed by atoms with Crippen molar-refractivity contribution in [3.63, 3.8) is 0 Å². The third-order valence-corrected chi connectivity index (χ3v) is 7.06. The molecule has 0 spiro atoms. The van der Waals surface area contributed by atoms with Crippen molar-refractivity contribution in [1.29, 1.82) is 0 Å². The molecule has 9 heteroatoms. The van der Waals surface area contributed by atoms with E-state index in [9.17, 15) is 4.79 Å². The molecule has 36 heavy (non-hydrogen) atoms. The largest absolute Gasteiger partial charge is 0.493 e. The Morgan fingerprint density at radius 3 is 2.75 bits per heavy atom. The zero-order valence-corrected chi connectivity index (χ0v) is 20.8. The topological polar surface area (TPSA) is 72.4 Å². The SMILES string of the molecule is COC1=CC2=C(OC3=C(F)CC4N=C(NC(=O)CCc5ccccc5)SC4=C3)C=CN(C=C1OC)C2. The van der Waals surface area contributed by atoms with E-state index in [1.54, 1.807) is 26.4 Å². The molecule has 1 N–H and O–H groups in total. The van der Waals surface area contributed by atoms with Crippen molar-refractivity contribution < 1.29 is 23.4 Å². The lowest BCUT2D eigenvalue weighted by Gasteiger charge is -2.23. The summed E-state index contributed by atoms with van der Waals surface area (Å²) in [7, 11) is 3.15. The van der Waals surface area contributed by atoms with Crippen LogP contribution < -0.4 is 5.32 Å². The van der Waals surface area contributed by atoms with E-state index in [-0.39, 0.29) is 30.0 Å². The van der Waals surface area contributed by atoms with Crippen molar-refractivity contribution >= 4 is 22.8 Å². The molecule has 3 aliphatic heterocycles. The maximum atomic E-state index is 15.0. The molecule has 0 aromatic heterocycles. The molecular formula is C27H26FN3O4S. The molecule has 0 radical (unpaired) electrons. The molecule has 0 fully saturated rings. The van der Waals surface area contributed by atoms with Gasteiger partial charge in [-0.05, 0) is 30.2 Å². The Morgan fingerprint density at radius 2 is 1.97 bits per heavy atom. The van der Waals surface area contributed by atoms with Crippen LogP contribution in [-0.4, -0.2) is 42.8 Å². The van der Waals surface area contributed by atoms with E-state index in [2.05, 4.69) is 10.3 Å². The van der Waals surface area contributed by atoms with Crippen LogP contribution in [-0.2, 0) is 25.4 Å². The minimum Gasteiger partial charge on any atom is -0.493 e. The van der Waals surface area contributed by atoms with Gasteiger partial charge in [0, 0.05) is 29.5 Å². The van der Waals surface area contributed by atoms with Crippen LogP contribution in [0.4, 0.5) is 4.39 Å². The van der Waals surface area contributed by atoms with Gasteiger partial charge >= 0.3 is 0 Å². The van der Waals surface area contributed by atoms with Gasteiger partial charge in [-0.3, -0.25) is 9.79 Å². The van der Waals surface area contributed by atoms with Gasteiger partial charge in [-0.25, -0.2) is 4.39 Å². The number of benzene rings is 1. The number of allylic oxidation sites excluding steroid dienone is 2. The monoisotopic (exact) mass is 507 g/mol. The molecule has 1 aromatic carbocycles. The summed E-state index contributed by atoms with van der Waals surface area (Å²) in [4.78, 5) is 19.7. The first-order valence-corrected chi connectivity index (χ1v) is 12.4. The average Bonchev–Trinajstić information content (AvgIpc) is 3.19. The summed E-state index contributed by atoms with van der Waals surface area (Å²) in [6.07, 6.45) is 10.1. The maximum Gasteiger partial charge on any atom is 0.226 e. The number of thioether (sulfide) groups is 1. The van der Waals surface area contributed by atoms with Gasteiger partial charge < -0.3 is 24.4 Å². The van der Waals surface area contributed by atoms with Gasteiger partial charge in [0.2, 0.25) is 5.91 Å². The minimum atomic E-state index is -0.381. The number of nitrogens with zero attached hydrogens (tertiary/aromatic N) is 2. The van der Waals surface area contributed by atoms with Crippen LogP contribution >= 0.6 is 11.8 Å². The van der Waals surface area contributed by atoms with Gasteiger partial charge in [0.15, 0.2) is 22.4 Å². The fourth-order valence-corrected chi connectivity index (χ4v) is 5.17. The molecule has 2 bridgehead atoms. The maximum absolute atomic E-state index is 15.0. The molecule has 3 heterocycles. The van der Waals surface area contributed by atoms with Crippen molar-refractivity contribution in [1.82, 2.24) is 10.2 Å². The van der Waals surface area contributed by atoms with Crippen LogP contribution in [0, 0.1) is 0 Å². The number of aryl methyl sites for hydroxylation is 1. The number of amides is 1. The molecule has 5 rings (SSSR count). The Morgan fingerprint density at radius 1 is 1.17 bits per heavy atom. The van der Waals surface area contributed by atoms with Crippen LogP contribution in [0.2, 0.25) is 0 Å². The Labute approximate surface area is 213 Å². The quantitative estimate of drug-likeness (QED) is 0.571. The Bertz CT molecular complexity index is 1280. The second-order valence-electron chi connectivity index (χ2n) is 8.50. The van der Waals surface area contributed by atoms with Gasteiger partial charge in [-0.15, -0.1) is 0 Å². The van der Waals surface area contributed by atoms with Crippen molar-refractivity contribution in [2.45, 2.75) is 25.3 Å². The van der Waals surface area contributed by atoms with Gasteiger partial charge in [0.25, 0.3) is 0 Å². The number of aliphatic imine (C=N–C) groups is 1. The molecule has 0 saturated carbocycles. The molecule has 1 aromatic rings. The van der Waals surface area contributed by atoms with E-state index in [0.29, 0.717) is 41.8 Å². The molecule has 186 valence electrons. The van der Waals surface area contributed by atoms with Gasteiger partial charge in [0.1, 0.15) is 11.6 Å². The number of nitrogens with one attached hydrogen (secondary N) is 1. The summed E-state index contributed by atoms with van der Waals surface area (Å²) in [5.41, 5.74) is 1.93. The van der Waals surface area contributed by atoms with E-state index in [0.717, 1.165) is 16.0 Å². The highest BCUT2D eigenvalue weighted by atomic mass is 32.2.